The van der Waals surface area contributed by atoms with Gasteiger partial charge in [0, 0.05) is 7.11 Å². The molecule has 0 aliphatic carbocycles. The average Bonchev–Trinajstić information content (AvgIpc) is 2.29. The molecule has 0 heterocycles. The van der Waals surface area contributed by atoms with Crippen molar-refractivity contribution >= 4 is 5.97 Å². The van der Waals surface area contributed by atoms with E-state index in [-0.39, 0.29) is 19.4 Å². The molecule has 0 fully saturated rings. The minimum absolute atomic E-state index is 0.175. The van der Waals surface area contributed by atoms with Crippen LogP contribution in [0.4, 0.5) is 0 Å². The summed E-state index contributed by atoms with van der Waals surface area (Å²) >= 11 is 0. The lowest BCUT2D eigenvalue weighted by atomic mass is 9.97. The summed E-state index contributed by atoms with van der Waals surface area (Å²) in [4.78, 5) is 11.5. The maximum atomic E-state index is 11.5. The van der Waals surface area contributed by atoms with Crippen molar-refractivity contribution in [1.29, 1.82) is 0 Å². The van der Waals surface area contributed by atoms with Crippen molar-refractivity contribution in [1.82, 2.24) is 0 Å². The monoisotopic (exact) mass is 260 g/mol. The van der Waals surface area contributed by atoms with Crippen molar-refractivity contribution in [3.8, 4) is 0 Å². The van der Waals surface area contributed by atoms with E-state index in [9.17, 15) is 4.79 Å². The van der Waals surface area contributed by atoms with Crippen LogP contribution in [0.3, 0.4) is 0 Å². The Morgan fingerprint density at radius 3 is 2.33 bits per heavy atom. The lowest BCUT2D eigenvalue weighted by molar-refractivity contribution is -0.152. The molecule has 18 heavy (non-hydrogen) atoms. The Morgan fingerprint density at radius 1 is 1.11 bits per heavy atom. The van der Waals surface area contributed by atoms with E-state index in [4.69, 9.17) is 18.9 Å². The quantitative estimate of drug-likeness (QED) is 0.274. The highest BCUT2D eigenvalue weighted by molar-refractivity contribution is 5.75. The van der Waals surface area contributed by atoms with Crippen molar-refractivity contribution in [2.75, 3.05) is 40.3 Å². The van der Waals surface area contributed by atoms with Gasteiger partial charge < -0.3 is 18.9 Å². The molecule has 0 rings (SSSR count). The fourth-order valence-corrected chi connectivity index (χ4v) is 0.872. The van der Waals surface area contributed by atoms with E-state index < -0.39 is 5.41 Å². The summed E-state index contributed by atoms with van der Waals surface area (Å²) < 4.78 is 20.2. The predicted octanol–water partition coefficient (Wildman–Crippen LogP) is 1.77. The van der Waals surface area contributed by atoms with Crippen LogP contribution in [0.2, 0.25) is 0 Å². The fraction of sp³-hybridized carbons (Fsp3) is 0.769. The van der Waals surface area contributed by atoms with E-state index in [0.717, 1.165) is 0 Å². The Labute approximate surface area is 109 Å². The van der Waals surface area contributed by atoms with Gasteiger partial charge in [0.25, 0.3) is 0 Å². The number of ether oxygens (including phenoxy) is 4. The summed E-state index contributed by atoms with van der Waals surface area (Å²) in [5, 5.41) is 0. The molecule has 0 aromatic heterocycles. The van der Waals surface area contributed by atoms with Crippen LogP contribution in [0.25, 0.3) is 0 Å². The molecule has 106 valence electrons. The molecule has 0 aromatic rings. The number of esters is 1. The van der Waals surface area contributed by atoms with Gasteiger partial charge in [0.15, 0.2) is 0 Å². The van der Waals surface area contributed by atoms with E-state index in [1.54, 1.807) is 27.9 Å². The van der Waals surface area contributed by atoms with Crippen LogP contribution in [0.15, 0.2) is 12.2 Å². The first-order chi connectivity index (χ1) is 8.38. The van der Waals surface area contributed by atoms with Crippen molar-refractivity contribution < 1.29 is 23.7 Å². The van der Waals surface area contributed by atoms with Gasteiger partial charge >= 0.3 is 5.97 Å². The van der Waals surface area contributed by atoms with Gasteiger partial charge in [-0.25, -0.2) is 0 Å². The molecule has 0 aliphatic heterocycles. The molecular formula is C13H24O5. The molecule has 5 heteroatoms. The summed E-state index contributed by atoms with van der Waals surface area (Å²) in [5.41, 5.74) is 0.202. The molecule has 0 unspecified atom stereocenters. The van der Waals surface area contributed by atoms with Gasteiger partial charge in [0.2, 0.25) is 0 Å². The van der Waals surface area contributed by atoms with Gasteiger partial charge in [0.05, 0.1) is 25.2 Å². The van der Waals surface area contributed by atoms with E-state index in [1.807, 2.05) is 0 Å². The van der Waals surface area contributed by atoms with Gasteiger partial charge in [-0.1, -0.05) is 6.58 Å². The summed E-state index contributed by atoms with van der Waals surface area (Å²) in [6, 6.07) is 0. The number of methoxy groups -OCH3 is 1. The van der Waals surface area contributed by atoms with Gasteiger partial charge in [-0.05, 0) is 26.3 Å². The lowest BCUT2D eigenvalue weighted by Gasteiger charge is -2.17. The minimum Gasteiger partial charge on any atom is -0.461 e. The molecule has 0 bridgehead atoms. The van der Waals surface area contributed by atoms with Crippen molar-refractivity contribution in [2.24, 2.45) is 5.41 Å². The molecule has 0 N–H and O–H groups in total. The first-order valence-electron chi connectivity index (χ1n) is 5.86. The maximum absolute atomic E-state index is 11.5. The van der Waals surface area contributed by atoms with E-state index in [1.165, 1.54) is 0 Å². The smallest absolute Gasteiger partial charge is 0.311 e. The van der Waals surface area contributed by atoms with Crippen LogP contribution in [0, 0.1) is 5.41 Å². The van der Waals surface area contributed by atoms with Crippen LogP contribution in [0.1, 0.15) is 20.8 Å². The van der Waals surface area contributed by atoms with Crippen LogP contribution >= 0.6 is 0 Å². The fourth-order valence-electron chi connectivity index (χ4n) is 0.872. The third-order valence-corrected chi connectivity index (χ3v) is 1.92. The van der Waals surface area contributed by atoms with E-state index >= 15 is 0 Å². The molecule has 0 spiro atoms. The van der Waals surface area contributed by atoms with Crippen LogP contribution in [-0.2, 0) is 23.7 Å². The number of rotatable bonds is 9. The number of hydrogen-bond donors (Lipinski definition) is 0. The van der Waals surface area contributed by atoms with Crippen molar-refractivity contribution in [2.45, 2.75) is 20.8 Å². The Balaban J connectivity index is 3.52. The SMILES string of the molecule is C=C(COCOCCOC)COC(=O)C(C)(C)C. The third-order valence-electron chi connectivity index (χ3n) is 1.92. The summed E-state index contributed by atoms with van der Waals surface area (Å²) in [7, 11) is 1.61. The zero-order valence-corrected chi connectivity index (χ0v) is 11.8. The highest BCUT2D eigenvalue weighted by Gasteiger charge is 2.22. The lowest BCUT2D eigenvalue weighted by Crippen LogP contribution is -2.24. The normalized spacial score (nSPS) is 11.3. The van der Waals surface area contributed by atoms with Crippen molar-refractivity contribution in [3.63, 3.8) is 0 Å². The average molecular weight is 260 g/mol. The highest BCUT2D eigenvalue weighted by Crippen LogP contribution is 2.15. The second-order valence-electron chi connectivity index (χ2n) is 4.94. The molecule has 0 amide bonds. The second kappa shape index (κ2) is 9.08. The molecule has 0 aliphatic rings. The summed E-state index contributed by atoms with van der Waals surface area (Å²) in [5.74, 6) is -0.250. The minimum atomic E-state index is -0.496. The Morgan fingerprint density at radius 2 is 1.78 bits per heavy atom. The van der Waals surface area contributed by atoms with Gasteiger partial charge in [-0.2, -0.15) is 0 Å². The van der Waals surface area contributed by atoms with Crippen molar-refractivity contribution in [3.05, 3.63) is 12.2 Å². The zero-order chi connectivity index (χ0) is 14.0. The van der Waals surface area contributed by atoms with Gasteiger partial charge in [0.1, 0.15) is 13.4 Å². The summed E-state index contributed by atoms with van der Waals surface area (Å²) in [6.45, 7) is 10.9. The van der Waals surface area contributed by atoms with Crippen LogP contribution in [0.5, 0.6) is 0 Å². The topological polar surface area (TPSA) is 54.0 Å². The Bertz CT molecular complexity index is 255. The number of hydrogen-bond acceptors (Lipinski definition) is 5. The van der Waals surface area contributed by atoms with Gasteiger partial charge in [-0.15, -0.1) is 0 Å². The Kier molecular flexibility index (Phi) is 8.62. The van der Waals surface area contributed by atoms with Gasteiger partial charge in [-0.3, -0.25) is 4.79 Å². The number of carbonyl (C=O) groups is 1. The van der Waals surface area contributed by atoms with Crippen LogP contribution < -0.4 is 0 Å². The highest BCUT2D eigenvalue weighted by atomic mass is 16.7. The molecule has 0 saturated heterocycles. The molecule has 0 aromatic carbocycles. The third kappa shape index (κ3) is 9.15. The second-order valence-corrected chi connectivity index (χ2v) is 4.94. The molecule has 0 radical (unpaired) electrons. The van der Waals surface area contributed by atoms with E-state index in [2.05, 4.69) is 6.58 Å². The first-order valence-corrected chi connectivity index (χ1v) is 5.86. The maximum Gasteiger partial charge on any atom is 0.311 e. The molecule has 0 atom stereocenters. The molecule has 0 saturated carbocycles. The largest absolute Gasteiger partial charge is 0.461 e. The van der Waals surface area contributed by atoms with Crippen LogP contribution in [-0.4, -0.2) is 46.3 Å². The Hall–Kier alpha value is -0.910. The summed E-state index contributed by atoms with van der Waals surface area (Å²) in [6.07, 6.45) is 0. The molecular weight excluding hydrogens is 236 g/mol. The first kappa shape index (κ1) is 17.1. The van der Waals surface area contributed by atoms with E-state index in [0.29, 0.717) is 25.4 Å². The number of carbonyl (C=O) groups excluding carboxylic acids is 1. The predicted molar refractivity (Wildman–Crippen MR) is 68.2 cm³/mol. The zero-order valence-electron chi connectivity index (χ0n) is 11.8. The molecule has 5 nitrogen and oxygen atoms in total. The standard InChI is InChI=1S/C13H24O5/c1-11(8-17-10-16-7-6-15-5)9-18-12(14)13(2,3)4/h1,6-10H2,2-5H3.